The number of carbonyl (C=O) groups is 2. The molecular weight excluding hydrogens is 392 g/mol. The topological polar surface area (TPSA) is 78.9 Å². The predicted molar refractivity (Wildman–Crippen MR) is 124 cm³/mol. The Morgan fingerprint density at radius 2 is 1.55 bits per heavy atom. The van der Waals surface area contributed by atoms with Gasteiger partial charge in [0.25, 0.3) is 0 Å². The van der Waals surface area contributed by atoms with Gasteiger partial charge >= 0.3 is 11.9 Å². The maximum atomic E-state index is 10.8. The van der Waals surface area contributed by atoms with E-state index in [1.165, 1.54) is 58.5 Å². The van der Waals surface area contributed by atoms with Crippen molar-refractivity contribution in [2.75, 3.05) is 27.2 Å². The molecule has 0 aliphatic heterocycles. The number of esters is 1. The van der Waals surface area contributed by atoms with Crippen molar-refractivity contribution in [2.45, 2.75) is 104 Å². The van der Waals surface area contributed by atoms with Crippen LogP contribution in [-0.4, -0.2) is 61.3 Å². The zero-order valence-corrected chi connectivity index (χ0v) is 20.5. The average Bonchev–Trinajstić information content (AvgIpc) is 2.66. The Balaban J connectivity index is -0.000000451. The summed E-state index contributed by atoms with van der Waals surface area (Å²) < 4.78 is 4.55. The van der Waals surface area contributed by atoms with Gasteiger partial charge < -0.3 is 20.1 Å². The van der Waals surface area contributed by atoms with Crippen LogP contribution in [0.3, 0.4) is 0 Å². The van der Waals surface area contributed by atoms with E-state index in [2.05, 4.69) is 42.6 Å². The van der Waals surface area contributed by atoms with E-state index in [4.69, 9.17) is 5.11 Å². The number of halogens is 1. The minimum atomic E-state index is -0.711. The predicted octanol–water partition coefficient (Wildman–Crippen LogP) is 4.89. The number of carboxylic acids is 1. The molecule has 0 spiro atoms. The standard InChI is InChI=1S/2C11H23NO2.ClH/c1-4-5-6-7-10(2)12-9-8-11(13)14-3;1-4-5-6-7-10(2)12(3)9-8-11(13)14;/h10,12H,4-9H2,1-3H3;10H,4-9H2,1-3H3,(H,13,14);1H/t2*10-;/m11./s1. The molecule has 7 heteroatoms. The summed E-state index contributed by atoms with van der Waals surface area (Å²) in [6, 6.07) is 1.01. The fourth-order valence-electron chi connectivity index (χ4n) is 2.73. The van der Waals surface area contributed by atoms with Crippen LogP contribution in [0.15, 0.2) is 0 Å². The van der Waals surface area contributed by atoms with Crippen molar-refractivity contribution in [3.63, 3.8) is 0 Å². The monoisotopic (exact) mass is 438 g/mol. The fraction of sp³-hybridized carbons (Fsp3) is 0.909. The minimum absolute atomic E-state index is 0. The molecule has 0 fully saturated rings. The molecule has 0 aliphatic rings. The first kappa shape index (κ1) is 32.8. The second-order valence-corrected chi connectivity index (χ2v) is 7.65. The van der Waals surface area contributed by atoms with Gasteiger partial charge in [0, 0.05) is 25.2 Å². The number of nitrogens with one attached hydrogen (secondary N) is 1. The van der Waals surface area contributed by atoms with E-state index < -0.39 is 5.97 Å². The lowest BCUT2D eigenvalue weighted by molar-refractivity contribution is -0.140. The molecule has 2 atom stereocenters. The lowest BCUT2D eigenvalue weighted by atomic mass is 10.1. The molecule has 0 bridgehead atoms. The molecular formula is C22H47ClN2O4. The Labute approximate surface area is 185 Å². The number of hydrogen-bond donors (Lipinski definition) is 2. The molecule has 0 unspecified atom stereocenters. The van der Waals surface area contributed by atoms with Crippen molar-refractivity contribution < 1.29 is 19.4 Å². The van der Waals surface area contributed by atoms with Crippen LogP contribution in [0.5, 0.6) is 0 Å². The number of aliphatic carboxylic acids is 1. The number of carbonyl (C=O) groups excluding carboxylic acids is 1. The average molecular weight is 439 g/mol. The summed E-state index contributed by atoms with van der Waals surface area (Å²) in [6.45, 7) is 10.1. The molecule has 2 N–H and O–H groups in total. The third-order valence-corrected chi connectivity index (χ3v) is 4.95. The number of unbranched alkanes of at least 4 members (excludes halogenated alkanes) is 4. The number of rotatable bonds is 16. The van der Waals surface area contributed by atoms with E-state index >= 15 is 0 Å². The highest BCUT2D eigenvalue weighted by molar-refractivity contribution is 5.85. The van der Waals surface area contributed by atoms with Crippen molar-refractivity contribution in [2.24, 2.45) is 0 Å². The van der Waals surface area contributed by atoms with Crippen LogP contribution in [0, 0.1) is 0 Å². The minimum Gasteiger partial charge on any atom is -0.481 e. The number of nitrogens with zero attached hydrogens (tertiary/aromatic N) is 1. The van der Waals surface area contributed by atoms with Gasteiger partial charge in [-0.3, -0.25) is 9.59 Å². The van der Waals surface area contributed by atoms with E-state index in [1.54, 1.807) is 0 Å². The maximum Gasteiger partial charge on any atom is 0.306 e. The van der Waals surface area contributed by atoms with Crippen LogP contribution < -0.4 is 5.32 Å². The second-order valence-electron chi connectivity index (χ2n) is 7.65. The SMILES string of the molecule is CCCCC[C@@H](C)N(C)CCC(=O)O.CCCCC[C@@H](C)NCCC(=O)OC.Cl. The number of methoxy groups -OCH3 is 1. The van der Waals surface area contributed by atoms with Gasteiger partial charge in [0.2, 0.25) is 0 Å². The van der Waals surface area contributed by atoms with E-state index in [1.807, 2.05) is 7.05 Å². The molecule has 0 heterocycles. The molecule has 29 heavy (non-hydrogen) atoms. The van der Waals surface area contributed by atoms with E-state index in [9.17, 15) is 9.59 Å². The molecule has 0 aromatic heterocycles. The summed E-state index contributed by atoms with van der Waals surface area (Å²) in [5.74, 6) is -0.851. The summed E-state index contributed by atoms with van der Waals surface area (Å²) in [5.41, 5.74) is 0. The van der Waals surface area contributed by atoms with Gasteiger partial charge in [-0.1, -0.05) is 52.4 Å². The molecule has 0 saturated heterocycles. The molecule has 0 radical (unpaired) electrons. The Morgan fingerprint density at radius 3 is 2.03 bits per heavy atom. The van der Waals surface area contributed by atoms with Crippen LogP contribution in [0.25, 0.3) is 0 Å². The molecule has 0 aromatic carbocycles. The molecule has 0 rings (SSSR count). The van der Waals surface area contributed by atoms with Gasteiger partial charge in [-0.05, 0) is 33.7 Å². The highest BCUT2D eigenvalue weighted by Crippen LogP contribution is 2.08. The lowest BCUT2D eigenvalue weighted by Crippen LogP contribution is -2.31. The zero-order valence-electron chi connectivity index (χ0n) is 19.7. The Kier molecular flexibility index (Phi) is 26.5. The first-order chi connectivity index (χ1) is 13.3. The highest BCUT2D eigenvalue weighted by atomic mass is 35.5. The third-order valence-electron chi connectivity index (χ3n) is 4.95. The lowest BCUT2D eigenvalue weighted by Gasteiger charge is -2.23. The Hall–Kier alpha value is -0.850. The Morgan fingerprint density at radius 1 is 1.00 bits per heavy atom. The van der Waals surface area contributed by atoms with E-state index in [0.717, 1.165) is 6.54 Å². The smallest absolute Gasteiger partial charge is 0.306 e. The van der Waals surface area contributed by atoms with Crippen molar-refractivity contribution >= 4 is 24.3 Å². The summed E-state index contributed by atoms with van der Waals surface area (Å²) in [5, 5.41) is 11.8. The van der Waals surface area contributed by atoms with Crippen LogP contribution in [-0.2, 0) is 14.3 Å². The largest absolute Gasteiger partial charge is 0.481 e. The van der Waals surface area contributed by atoms with Crippen LogP contribution >= 0.6 is 12.4 Å². The van der Waals surface area contributed by atoms with Crippen LogP contribution in [0.2, 0.25) is 0 Å². The zero-order chi connectivity index (χ0) is 21.8. The van der Waals surface area contributed by atoms with Gasteiger partial charge in [0.05, 0.1) is 20.0 Å². The molecule has 0 aliphatic carbocycles. The molecule has 0 saturated carbocycles. The molecule has 6 nitrogen and oxygen atoms in total. The third kappa shape index (κ3) is 25.1. The summed E-state index contributed by atoms with van der Waals surface area (Å²) in [6.07, 6.45) is 10.7. The van der Waals surface area contributed by atoms with Crippen molar-refractivity contribution in [3.8, 4) is 0 Å². The van der Waals surface area contributed by atoms with Crippen molar-refractivity contribution in [1.29, 1.82) is 0 Å². The summed E-state index contributed by atoms with van der Waals surface area (Å²) in [7, 11) is 3.42. The Bertz CT molecular complexity index is 384. The van der Waals surface area contributed by atoms with Gasteiger partial charge in [-0.25, -0.2) is 0 Å². The first-order valence-corrected chi connectivity index (χ1v) is 11.0. The molecule has 0 amide bonds. The van der Waals surface area contributed by atoms with Gasteiger partial charge in [-0.15, -0.1) is 12.4 Å². The molecule has 0 aromatic rings. The van der Waals surface area contributed by atoms with Crippen molar-refractivity contribution in [1.82, 2.24) is 10.2 Å². The second kappa shape index (κ2) is 23.4. The number of ether oxygens (including phenoxy) is 1. The first-order valence-electron chi connectivity index (χ1n) is 11.0. The highest BCUT2D eigenvalue weighted by Gasteiger charge is 2.09. The fourth-order valence-corrected chi connectivity index (χ4v) is 2.73. The van der Waals surface area contributed by atoms with Gasteiger partial charge in [0.1, 0.15) is 0 Å². The van der Waals surface area contributed by atoms with Gasteiger partial charge in [0.15, 0.2) is 0 Å². The summed E-state index contributed by atoms with van der Waals surface area (Å²) >= 11 is 0. The normalized spacial score (nSPS) is 12.4. The van der Waals surface area contributed by atoms with Crippen molar-refractivity contribution in [3.05, 3.63) is 0 Å². The van der Waals surface area contributed by atoms with Crippen LogP contribution in [0.1, 0.15) is 91.9 Å². The summed E-state index contributed by atoms with van der Waals surface area (Å²) in [4.78, 5) is 23.3. The van der Waals surface area contributed by atoms with E-state index in [0.29, 0.717) is 25.0 Å². The van der Waals surface area contributed by atoms with Crippen LogP contribution in [0.4, 0.5) is 0 Å². The number of hydrogen-bond acceptors (Lipinski definition) is 5. The molecule has 176 valence electrons. The number of carboxylic acid groups (broad SMARTS) is 1. The van der Waals surface area contributed by atoms with E-state index in [-0.39, 0.29) is 24.8 Å². The quantitative estimate of drug-likeness (QED) is 0.264. The van der Waals surface area contributed by atoms with Gasteiger partial charge in [-0.2, -0.15) is 0 Å². The maximum absolute atomic E-state index is 10.8.